The maximum Gasteiger partial charge on any atom is 0.269 e. The number of rotatable bonds is 9. The van der Waals surface area contributed by atoms with E-state index in [4.69, 9.17) is 9.84 Å². The first-order chi connectivity index (χ1) is 18.1. The van der Waals surface area contributed by atoms with Crippen LogP contribution < -0.4 is 10.1 Å². The Bertz CT molecular complexity index is 1640. The molecule has 0 spiro atoms. The molecule has 2 aromatic heterocycles. The molecule has 0 radical (unpaired) electrons. The number of sulfone groups is 1. The second kappa shape index (κ2) is 10.8. The van der Waals surface area contributed by atoms with Crippen LogP contribution in [0.25, 0.3) is 22.0 Å². The lowest BCUT2D eigenvalue weighted by atomic mass is 10.00. The van der Waals surface area contributed by atoms with Gasteiger partial charge in [-0.25, -0.2) is 31.0 Å². The number of ether oxygens (including phenoxy) is 1. The van der Waals surface area contributed by atoms with Crippen molar-refractivity contribution >= 4 is 26.6 Å². The van der Waals surface area contributed by atoms with E-state index in [9.17, 15) is 22.0 Å². The summed E-state index contributed by atoms with van der Waals surface area (Å²) in [7, 11) is -3.37. The molecule has 0 aliphatic rings. The smallest absolute Gasteiger partial charge is 0.269 e. The number of benzene rings is 2. The van der Waals surface area contributed by atoms with Crippen LogP contribution in [0.3, 0.4) is 0 Å². The van der Waals surface area contributed by atoms with Crippen molar-refractivity contribution in [3.05, 3.63) is 71.1 Å². The molecule has 4 rings (SSSR count). The molecule has 0 saturated carbocycles. The minimum Gasteiger partial charge on any atom is -0.480 e. The predicted molar refractivity (Wildman–Crippen MR) is 127 cm³/mol. The number of pyridine rings is 1. The van der Waals surface area contributed by atoms with Gasteiger partial charge in [0, 0.05) is 35.2 Å². The van der Waals surface area contributed by atoms with Crippen molar-refractivity contribution in [3.8, 4) is 17.0 Å². The third-order valence-electron chi connectivity index (χ3n) is 5.57. The molecule has 14 heteroatoms. The number of methoxy groups -OCH3 is 1. The maximum absolute atomic E-state index is 15.5. The molecular formula is C24H20F4N4O5S. The largest absolute Gasteiger partial charge is 0.480 e. The lowest BCUT2D eigenvalue weighted by Crippen LogP contribution is -2.25. The van der Waals surface area contributed by atoms with Gasteiger partial charge in [0.15, 0.2) is 15.7 Å². The third kappa shape index (κ3) is 5.17. The summed E-state index contributed by atoms with van der Waals surface area (Å²) in [6.07, 6.45) is 1.03. The van der Waals surface area contributed by atoms with Crippen LogP contribution in [0.5, 0.6) is 5.88 Å². The SMILES string of the molecule is COc1ncc(F)cc1S(=O)(=O)Cc1cc(F)cc(-c2ccc3c(C(=O)NCCCO)[nH]nc3c2F)c1F. The van der Waals surface area contributed by atoms with Crippen molar-refractivity contribution < 1.29 is 40.6 Å². The van der Waals surface area contributed by atoms with E-state index in [1.165, 1.54) is 6.07 Å². The average molecular weight is 553 g/mol. The number of aromatic amines is 1. The summed E-state index contributed by atoms with van der Waals surface area (Å²) in [6, 6.07) is 4.35. The first-order valence-electron chi connectivity index (χ1n) is 11.0. The van der Waals surface area contributed by atoms with Crippen molar-refractivity contribution in [1.82, 2.24) is 20.5 Å². The van der Waals surface area contributed by atoms with Crippen molar-refractivity contribution in [3.63, 3.8) is 0 Å². The first-order valence-corrected chi connectivity index (χ1v) is 12.7. The Morgan fingerprint density at radius 3 is 2.55 bits per heavy atom. The van der Waals surface area contributed by atoms with Gasteiger partial charge in [0.2, 0.25) is 5.88 Å². The molecule has 38 heavy (non-hydrogen) atoms. The predicted octanol–water partition coefficient (Wildman–Crippen LogP) is 3.28. The van der Waals surface area contributed by atoms with E-state index in [2.05, 4.69) is 20.5 Å². The fourth-order valence-electron chi connectivity index (χ4n) is 3.81. The highest BCUT2D eigenvalue weighted by Crippen LogP contribution is 2.34. The molecule has 0 aliphatic carbocycles. The average Bonchev–Trinajstić information content (AvgIpc) is 3.31. The fraction of sp³-hybridized carbons (Fsp3) is 0.208. The van der Waals surface area contributed by atoms with Gasteiger partial charge in [0.05, 0.1) is 19.1 Å². The Balaban J connectivity index is 1.74. The zero-order valence-electron chi connectivity index (χ0n) is 19.7. The monoisotopic (exact) mass is 552 g/mol. The number of nitrogens with zero attached hydrogens (tertiary/aromatic N) is 2. The highest BCUT2D eigenvalue weighted by Gasteiger charge is 2.27. The summed E-state index contributed by atoms with van der Waals surface area (Å²) >= 11 is 0. The van der Waals surface area contributed by atoms with E-state index in [0.717, 1.165) is 19.4 Å². The van der Waals surface area contributed by atoms with Crippen LogP contribution in [0.1, 0.15) is 22.5 Å². The molecule has 0 bridgehead atoms. The summed E-state index contributed by atoms with van der Waals surface area (Å²) in [4.78, 5) is 15.2. The number of aliphatic hydroxyl groups is 1. The van der Waals surface area contributed by atoms with Gasteiger partial charge < -0.3 is 15.2 Å². The second-order valence-electron chi connectivity index (χ2n) is 8.10. The minimum atomic E-state index is -4.48. The van der Waals surface area contributed by atoms with E-state index in [-0.39, 0.29) is 29.7 Å². The molecule has 200 valence electrons. The Morgan fingerprint density at radius 1 is 1.08 bits per heavy atom. The minimum absolute atomic E-state index is 0.0676. The molecule has 4 aromatic rings. The number of aromatic nitrogens is 3. The third-order valence-corrected chi connectivity index (χ3v) is 7.23. The van der Waals surface area contributed by atoms with E-state index in [1.54, 1.807) is 0 Å². The summed E-state index contributed by atoms with van der Waals surface area (Å²) in [6.45, 7) is 0.0192. The fourth-order valence-corrected chi connectivity index (χ4v) is 5.28. The van der Waals surface area contributed by atoms with Gasteiger partial charge in [-0.2, -0.15) is 5.10 Å². The van der Waals surface area contributed by atoms with E-state index in [1.807, 2.05) is 0 Å². The van der Waals surface area contributed by atoms with E-state index in [0.29, 0.717) is 24.6 Å². The van der Waals surface area contributed by atoms with Crippen LogP contribution in [0, 0.1) is 23.3 Å². The normalized spacial score (nSPS) is 11.6. The van der Waals surface area contributed by atoms with Gasteiger partial charge in [-0.1, -0.05) is 6.07 Å². The van der Waals surface area contributed by atoms with Crippen LogP contribution in [0.15, 0.2) is 41.4 Å². The number of hydrogen-bond acceptors (Lipinski definition) is 7. The van der Waals surface area contributed by atoms with Crippen molar-refractivity contribution in [2.75, 3.05) is 20.3 Å². The number of nitrogens with one attached hydrogen (secondary N) is 2. The van der Waals surface area contributed by atoms with Crippen LogP contribution in [-0.2, 0) is 15.6 Å². The van der Waals surface area contributed by atoms with Crippen molar-refractivity contribution in [2.24, 2.45) is 0 Å². The molecule has 0 aliphatic heterocycles. The Morgan fingerprint density at radius 2 is 1.84 bits per heavy atom. The summed E-state index contributed by atoms with van der Waals surface area (Å²) < 4.78 is 89.8. The molecular weight excluding hydrogens is 532 g/mol. The number of aliphatic hydroxyl groups excluding tert-OH is 1. The number of H-pyrrole nitrogens is 1. The molecule has 2 aromatic carbocycles. The lowest BCUT2D eigenvalue weighted by Gasteiger charge is -2.12. The molecule has 0 fully saturated rings. The van der Waals surface area contributed by atoms with Crippen LogP contribution in [0.4, 0.5) is 17.6 Å². The molecule has 0 atom stereocenters. The summed E-state index contributed by atoms with van der Waals surface area (Å²) in [5.74, 6) is -6.50. The molecule has 2 heterocycles. The van der Waals surface area contributed by atoms with Gasteiger partial charge in [-0.3, -0.25) is 9.89 Å². The van der Waals surface area contributed by atoms with Gasteiger partial charge in [0.1, 0.15) is 33.6 Å². The highest BCUT2D eigenvalue weighted by molar-refractivity contribution is 7.90. The quantitative estimate of drug-likeness (QED) is 0.214. The maximum atomic E-state index is 15.5. The topological polar surface area (TPSA) is 134 Å². The molecule has 9 nitrogen and oxygen atoms in total. The molecule has 1 amide bonds. The van der Waals surface area contributed by atoms with Gasteiger partial charge in [0.25, 0.3) is 5.91 Å². The first kappa shape index (κ1) is 27.0. The molecule has 3 N–H and O–H groups in total. The number of hydrogen-bond donors (Lipinski definition) is 3. The van der Waals surface area contributed by atoms with Gasteiger partial charge in [-0.15, -0.1) is 0 Å². The van der Waals surface area contributed by atoms with Crippen LogP contribution >= 0.6 is 0 Å². The van der Waals surface area contributed by atoms with E-state index >= 15 is 8.78 Å². The number of amides is 1. The number of fused-ring (bicyclic) bond motifs is 1. The Hall–Kier alpha value is -4.04. The summed E-state index contributed by atoms with van der Waals surface area (Å²) in [5, 5.41) is 17.6. The van der Waals surface area contributed by atoms with Crippen LogP contribution in [-0.4, -0.2) is 54.9 Å². The molecule has 0 saturated heterocycles. The van der Waals surface area contributed by atoms with Crippen molar-refractivity contribution in [1.29, 1.82) is 0 Å². The lowest BCUT2D eigenvalue weighted by molar-refractivity contribution is 0.0947. The number of halogens is 4. The van der Waals surface area contributed by atoms with Crippen molar-refractivity contribution in [2.45, 2.75) is 17.1 Å². The van der Waals surface area contributed by atoms with E-state index < -0.39 is 72.2 Å². The van der Waals surface area contributed by atoms with Crippen LogP contribution in [0.2, 0.25) is 0 Å². The zero-order chi connectivity index (χ0) is 27.6. The standard InChI is InChI=1S/C24H20F4N4O5S/c1-37-24-18(9-14(26)10-30-24)38(35,36)11-12-7-13(25)8-17(19(12)27)15-3-4-16-21(20(15)28)31-32-22(16)23(34)29-5-2-6-33/h3-4,7-10,33H,2,5-6,11H2,1H3,(H,29,34)(H,31,32). The summed E-state index contributed by atoms with van der Waals surface area (Å²) in [5.41, 5.74) is -2.07. The highest BCUT2D eigenvalue weighted by atomic mass is 32.2. The Labute approximate surface area is 213 Å². The van der Waals surface area contributed by atoms with Gasteiger partial charge in [-0.05, 0) is 30.7 Å². The Kier molecular flexibility index (Phi) is 7.64. The van der Waals surface area contributed by atoms with Gasteiger partial charge >= 0.3 is 0 Å². The zero-order valence-corrected chi connectivity index (χ0v) is 20.5. The number of carbonyl (C=O) groups is 1. The second-order valence-corrected chi connectivity index (χ2v) is 10.1. The number of carbonyl (C=O) groups excluding carboxylic acids is 1. The molecule has 0 unspecified atom stereocenters.